The molecule has 0 saturated carbocycles. The number of rotatable bonds is 5. The van der Waals surface area contributed by atoms with E-state index in [0.717, 1.165) is 11.3 Å². The summed E-state index contributed by atoms with van der Waals surface area (Å²) in [7, 11) is 0. The normalized spacial score (nSPS) is 10.2. The van der Waals surface area contributed by atoms with Crippen molar-refractivity contribution in [1.29, 1.82) is 0 Å². The molecule has 0 atom stereocenters. The minimum atomic E-state index is -0.545. The molecule has 0 radical (unpaired) electrons. The van der Waals surface area contributed by atoms with E-state index in [2.05, 4.69) is 5.32 Å². The molecule has 0 fully saturated rings. The van der Waals surface area contributed by atoms with Crippen molar-refractivity contribution in [3.8, 4) is 0 Å². The van der Waals surface area contributed by atoms with Gasteiger partial charge in [0, 0.05) is 6.07 Å². The van der Waals surface area contributed by atoms with Gasteiger partial charge in [-0.15, -0.1) is 11.3 Å². The second kappa shape index (κ2) is 5.66. The van der Waals surface area contributed by atoms with Crippen LogP contribution in [0.2, 0.25) is 0 Å². The van der Waals surface area contributed by atoms with Crippen molar-refractivity contribution in [2.24, 2.45) is 0 Å². The number of thiophene rings is 1. The van der Waals surface area contributed by atoms with Gasteiger partial charge in [0.15, 0.2) is 5.76 Å². The third-order valence-corrected chi connectivity index (χ3v) is 3.56. The molecular formula is C12H10N2O5S. The lowest BCUT2D eigenvalue weighted by Crippen LogP contribution is -2.28. The first-order valence-electron chi connectivity index (χ1n) is 5.58. The molecule has 0 spiro atoms. The predicted octanol–water partition coefficient (Wildman–Crippen LogP) is 2.17. The van der Waals surface area contributed by atoms with Crippen LogP contribution < -0.4 is 5.32 Å². The summed E-state index contributed by atoms with van der Waals surface area (Å²) in [6.45, 7) is 1.34. The summed E-state index contributed by atoms with van der Waals surface area (Å²) in [6, 6.07) is 4.27. The van der Waals surface area contributed by atoms with Gasteiger partial charge in [-0.3, -0.25) is 19.7 Å². The Balaban J connectivity index is 2.00. The Bertz CT molecular complexity index is 659. The Kier molecular flexibility index (Phi) is 3.94. The van der Waals surface area contributed by atoms with Gasteiger partial charge in [0.1, 0.15) is 0 Å². The number of carbonyl (C=O) groups excluding carboxylic acids is 2. The van der Waals surface area contributed by atoms with E-state index >= 15 is 0 Å². The Hall–Kier alpha value is -2.48. The zero-order valence-electron chi connectivity index (χ0n) is 10.4. The van der Waals surface area contributed by atoms with Gasteiger partial charge in [0.25, 0.3) is 11.6 Å². The predicted molar refractivity (Wildman–Crippen MR) is 71.1 cm³/mol. The Morgan fingerprint density at radius 2 is 2.25 bits per heavy atom. The zero-order chi connectivity index (χ0) is 14.7. The Morgan fingerprint density at radius 1 is 1.50 bits per heavy atom. The molecule has 20 heavy (non-hydrogen) atoms. The molecule has 0 aromatic carbocycles. The fraction of sp³-hybridized carbons (Fsp3) is 0.167. The highest BCUT2D eigenvalue weighted by atomic mass is 32.1. The smallest absolute Gasteiger partial charge is 0.283 e. The Labute approximate surface area is 117 Å². The number of nitrogens with one attached hydrogen (secondary N) is 1. The molecule has 0 bridgehead atoms. The number of Topliss-reactive ketones (excluding diaryl/α,β-unsaturated/α-hetero) is 1. The number of hydrogen-bond donors (Lipinski definition) is 1. The molecule has 104 valence electrons. The van der Waals surface area contributed by atoms with Gasteiger partial charge >= 0.3 is 0 Å². The lowest BCUT2D eigenvalue weighted by molar-refractivity contribution is -0.385. The minimum Gasteiger partial charge on any atom is -0.461 e. The van der Waals surface area contributed by atoms with Crippen LogP contribution >= 0.6 is 11.3 Å². The van der Waals surface area contributed by atoms with Gasteiger partial charge in [0.05, 0.1) is 27.5 Å². The van der Waals surface area contributed by atoms with Gasteiger partial charge in [-0.25, -0.2) is 0 Å². The SMILES string of the molecule is Cc1sc(C(=O)NCC(=O)c2ccco2)cc1[N+](=O)[O-]. The summed E-state index contributed by atoms with van der Waals surface area (Å²) >= 11 is 1.01. The highest BCUT2D eigenvalue weighted by molar-refractivity contribution is 7.14. The molecule has 0 saturated heterocycles. The summed E-state index contributed by atoms with van der Waals surface area (Å²) in [5.74, 6) is -0.740. The molecule has 2 aromatic heterocycles. The number of furan rings is 1. The van der Waals surface area contributed by atoms with E-state index < -0.39 is 10.8 Å². The van der Waals surface area contributed by atoms with Crippen LogP contribution in [-0.4, -0.2) is 23.2 Å². The standard InChI is InChI=1S/C12H10N2O5S/c1-7-8(14(17)18)5-11(20-7)12(16)13-6-9(15)10-3-2-4-19-10/h2-5H,6H2,1H3,(H,13,16). The Morgan fingerprint density at radius 3 is 2.80 bits per heavy atom. The number of nitrogens with zero attached hydrogens (tertiary/aromatic N) is 1. The largest absolute Gasteiger partial charge is 0.461 e. The van der Waals surface area contributed by atoms with Crippen LogP contribution in [0.1, 0.15) is 25.1 Å². The van der Waals surface area contributed by atoms with Crippen molar-refractivity contribution in [2.75, 3.05) is 6.54 Å². The molecule has 0 unspecified atom stereocenters. The third-order valence-electron chi connectivity index (χ3n) is 2.52. The second-order valence-electron chi connectivity index (χ2n) is 3.89. The quantitative estimate of drug-likeness (QED) is 0.517. The highest BCUT2D eigenvalue weighted by Crippen LogP contribution is 2.27. The number of carbonyl (C=O) groups is 2. The molecular weight excluding hydrogens is 284 g/mol. The van der Waals surface area contributed by atoms with E-state index in [1.165, 1.54) is 18.4 Å². The van der Waals surface area contributed by atoms with Crippen molar-refractivity contribution in [1.82, 2.24) is 5.32 Å². The maximum atomic E-state index is 11.8. The molecule has 2 heterocycles. The van der Waals surface area contributed by atoms with Crippen molar-refractivity contribution in [2.45, 2.75) is 6.92 Å². The monoisotopic (exact) mass is 294 g/mol. The summed E-state index contributed by atoms with van der Waals surface area (Å²) < 4.78 is 4.90. The number of nitro groups is 1. The molecule has 2 rings (SSSR count). The van der Waals surface area contributed by atoms with E-state index in [9.17, 15) is 19.7 Å². The van der Waals surface area contributed by atoms with Crippen LogP contribution in [0.3, 0.4) is 0 Å². The highest BCUT2D eigenvalue weighted by Gasteiger charge is 2.20. The molecule has 0 aliphatic heterocycles. The first kappa shape index (κ1) is 13.9. The fourth-order valence-corrected chi connectivity index (χ4v) is 2.44. The first-order chi connectivity index (χ1) is 9.49. The number of amides is 1. The van der Waals surface area contributed by atoms with Gasteiger partial charge in [0.2, 0.25) is 5.78 Å². The number of hydrogen-bond acceptors (Lipinski definition) is 6. The second-order valence-corrected chi connectivity index (χ2v) is 5.15. The van der Waals surface area contributed by atoms with Crippen molar-refractivity contribution in [3.63, 3.8) is 0 Å². The van der Waals surface area contributed by atoms with E-state index in [4.69, 9.17) is 4.42 Å². The van der Waals surface area contributed by atoms with Crippen LogP contribution in [0.15, 0.2) is 28.9 Å². The lowest BCUT2D eigenvalue weighted by atomic mass is 10.3. The van der Waals surface area contributed by atoms with Crippen LogP contribution in [0.25, 0.3) is 0 Å². The van der Waals surface area contributed by atoms with Crippen molar-refractivity contribution >= 4 is 28.7 Å². The maximum Gasteiger partial charge on any atom is 0.283 e. The van der Waals surface area contributed by atoms with Crippen molar-refractivity contribution < 1.29 is 18.9 Å². The molecule has 8 heteroatoms. The van der Waals surface area contributed by atoms with Crippen LogP contribution in [0, 0.1) is 17.0 Å². The van der Waals surface area contributed by atoms with Crippen LogP contribution in [0.4, 0.5) is 5.69 Å². The van der Waals surface area contributed by atoms with E-state index in [0.29, 0.717) is 4.88 Å². The topological polar surface area (TPSA) is 102 Å². The van der Waals surface area contributed by atoms with E-state index in [-0.39, 0.29) is 28.7 Å². The maximum absolute atomic E-state index is 11.8. The number of aryl methyl sites for hydroxylation is 1. The average molecular weight is 294 g/mol. The fourth-order valence-electron chi connectivity index (χ4n) is 1.54. The summed E-state index contributed by atoms with van der Waals surface area (Å²) in [4.78, 5) is 34.2. The molecule has 0 aliphatic rings. The van der Waals surface area contributed by atoms with Gasteiger partial charge in [-0.2, -0.15) is 0 Å². The molecule has 2 aromatic rings. The summed E-state index contributed by atoms with van der Waals surface area (Å²) in [6.07, 6.45) is 1.36. The van der Waals surface area contributed by atoms with E-state index in [1.54, 1.807) is 13.0 Å². The molecule has 0 aliphatic carbocycles. The minimum absolute atomic E-state index is 0.0995. The van der Waals surface area contributed by atoms with E-state index in [1.807, 2.05) is 0 Å². The summed E-state index contributed by atoms with van der Waals surface area (Å²) in [5, 5.41) is 13.1. The van der Waals surface area contributed by atoms with Gasteiger partial charge in [-0.1, -0.05) is 0 Å². The third kappa shape index (κ3) is 2.91. The first-order valence-corrected chi connectivity index (χ1v) is 6.40. The van der Waals surface area contributed by atoms with Crippen LogP contribution in [-0.2, 0) is 0 Å². The van der Waals surface area contributed by atoms with Crippen LogP contribution in [0.5, 0.6) is 0 Å². The lowest BCUT2D eigenvalue weighted by Gasteiger charge is -2.00. The molecule has 7 nitrogen and oxygen atoms in total. The average Bonchev–Trinajstić information content (AvgIpc) is 3.04. The molecule has 1 amide bonds. The van der Waals surface area contributed by atoms with Gasteiger partial charge in [-0.05, 0) is 19.1 Å². The van der Waals surface area contributed by atoms with Gasteiger partial charge < -0.3 is 9.73 Å². The molecule has 1 N–H and O–H groups in total. The number of ketones is 1. The zero-order valence-corrected chi connectivity index (χ0v) is 11.2. The van der Waals surface area contributed by atoms with Crippen molar-refractivity contribution in [3.05, 3.63) is 50.1 Å². The summed E-state index contributed by atoms with van der Waals surface area (Å²) in [5.41, 5.74) is -0.0995.